The SMILES string of the molecule is CN=C(NCCc1nc(C)c(C)s1)NCC1CCN(C)C1.I. The Morgan fingerprint density at radius 2 is 2.18 bits per heavy atom. The van der Waals surface area contributed by atoms with Crippen LogP contribution < -0.4 is 10.6 Å². The summed E-state index contributed by atoms with van der Waals surface area (Å²) in [6, 6.07) is 0. The fourth-order valence-electron chi connectivity index (χ4n) is 2.59. The lowest BCUT2D eigenvalue weighted by Gasteiger charge is -2.15. The third-order valence-electron chi connectivity index (χ3n) is 3.97. The van der Waals surface area contributed by atoms with E-state index in [0.717, 1.165) is 37.1 Å². The average molecular weight is 437 g/mol. The van der Waals surface area contributed by atoms with Gasteiger partial charge in [0.05, 0.1) is 10.7 Å². The van der Waals surface area contributed by atoms with E-state index < -0.39 is 0 Å². The molecule has 1 saturated heterocycles. The first kappa shape index (κ1) is 19.6. The molecule has 0 radical (unpaired) electrons. The standard InChI is InChI=1S/C15H27N5S.HI/c1-11-12(2)21-14(19-11)5-7-17-15(16-3)18-9-13-6-8-20(4)10-13;/h13H,5-10H2,1-4H3,(H2,16,17,18);1H. The molecule has 0 amide bonds. The van der Waals surface area contributed by atoms with Crippen LogP contribution in [0.3, 0.4) is 0 Å². The molecule has 2 N–H and O–H groups in total. The lowest BCUT2D eigenvalue weighted by atomic mass is 10.1. The second-order valence-corrected chi connectivity index (χ2v) is 7.08. The number of nitrogens with one attached hydrogen (secondary N) is 2. The van der Waals surface area contributed by atoms with Crippen molar-refractivity contribution in [1.29, 1.82) is 0 Å². The minimum Gasteiger partial charge on any atom is -0.356 e. The average Bonchev–Trinajstić information content (AvgIpc) is 3.00. The molecule has 0 aliphatic carbocycles. The Hall–Kier alpha value is -0.410. The number of rotatable bonds is 5. The van der Waals surface area contributed by atoms with Crippen LogP contribution in [0.4, 0.5) is 0 Å². The molecule has 1 fully saturated rings. The number of likely N-dealkylation sites (tertiary alicyclic amines) is 1. The number of hydrogen-bond donors (Lipinski definition) is 2. The van der Waals surface area contributed by atoms with Crippen LogP contribution in [0.15, 0.2) is 4.99 Å². The van der Waals surface area contributed by atoms with E-state index in [1.165, 1.54) is 29.4 Å². The van der Waals surface area contributed by atoms with Crippen LogP contribution in [-0.4, -0.2) is 56.1 Å². The van der Waals surface area contributed by atoms with Gasteiger partial charge in [-0.3, -0.25) is 4.99 Å². The molecule has 1 aliphatic heterocycles. The summed E-state index contributed by atoms with van der Waals surface area (Å²) in [7, 11) is 4.01. The van der Waals surface area contributed by atoms with E-state index in [9.17, 15) is 0 Å². The van der Waals surface area contributed by atoms with Crippen molar-refractivity contribution in [2.45, 2.75) is 26.7 Å². The Kier molecular flexibility index (Phi) is 8.63. The summed E-state index contributed by atoms with van der Waals surface area (Å²) < 4.78 is 0. The van der Waals surface area contributed by atoms with Gasteiger partial charge < -0.3 is 15.5 Å². The first-order valence-electron chi connectivity index (χ1n) is 7.64. The Morgan fingerprint density at radius 1 is 1.41 bits per heavy atom. The predicted molar refractivity (Wildman–Crippen MR) is 106 cm³/mol. The first-order chi connectivity index (χ1) is 10.1. The van der Waals surface area contributed by atoms with Crippen LogP contribution >= 0.6 is 35.3 Å². The molecule has 7 heteroatoms. The summed E-state index contributed by atoms with van der Waals surface area (Å²) in [5, 5.41) is 8.00. The lowest BCUT2D eigenvalue weighted by molar-refractivity contribution is 0.394. The van der Waals surface area contributed by atoms with Crippen molar-refractivity contribution in [2.75, 3.05) is 40.3 Å². The van der Waals surface area contributed by atoms with E-state index in [-0.39, 0.29) is 24.0 Å². The Morgan fingerprint density at radius 3 is 2.73 bits per heavy atom. The summed E-state index contributed by atoms with van der Waals surface area (Å²) in [4.78, 5) is 12.6. The molecule has 1 atom stereocenters. The zero-order valence-electron chi connectivity index (χ0n) is 14.0. The number of halogens is 1. The fourth-order valence-corrected chi connectivity index (χ4v) is 3.52. The van der Waals surface area contributed by atoms with Gasteiger partial charge in [0.1, 0.15) is 0 Å². The number of guanidine groups is 1. The third-order valence-corrected chi connectivity index (χ3v) is 5.11. The van der Waals surface area contributed by atoms with E-state index >= 15 is 0 Å². The van der Waals surface area contributed by atoms with Crippen molar-refractivity contribution in [1.82, 2.24) is 20.5 Å². The molecule has 22 heavy (non-hydrogen) atoms. The molecule has 1 aliphatic rings. The minimum atomic E-state index is 0. The van der Waals surface area contributed by atoms with Crippen LogP contribution in [0.25, 0.3) is 0 Å². The highest BCUT2D eigenvalue weighted by Crippen LogP contribution is 2.16. The number of aryl methyl sites for hydroxylation is 2. The zero-order valence-corrected chi connectivity index (χ0v) is 17.1. The first-order valence-corrected chi connectivity index (χ1v) is 8.46. The third kappa shape index (κ3) is 6.00. The number of hydrogen-bond acceptors (Lipinski definition) is 4. The second-order valence-electron chi connectivity index (χ2n) is 5.80. The summed E-state index contributed by atoms with van der Waals surface area (Å²) in [6.45, 7) is 8.46. The Labute approximate surface area is 155 Å². The van der Waals surface area contributed by atoms with Crippen LogP contribution in [0.2, 0.25) is 0 Å². The van der Waals surface area contributed by atoms with Crippen molar-refractivity contribution < 1.29 is 0 Å². The van der Waals surface area contributed by atoms with Gasteiger partial charge in [-0.15, -0.1) is 35.3 Å². The number of aromatic nitrogens is 1. The van der Waals surface area contributed by atoms with Crippen molar-refractivity contribution in [3.63, 3.8) is 0 Å². The Balaban J connectivity index is 0.00000242. The van der Waals surface area contributed by atoms with Crippen molar-refractivity contribution in [2.24, 2.45) is 10.9 Å². The van der Waals surface area contributed by atoms with Gasteiger partial charge >= 0.3 is 0 Å². The topological polar surface area (TPSA) is 52.6 Å². The quantitative estimate of drug-likeness (QED) is 0.421. The maximum atomic E-state index is 4.56. The minimum absolute atomic E-state index is 0. The molecule has 0 spiro atoms. The zero-order chi connectivity index (χ0) is 15.2. The normalized spacial score (nSPS) is 19.1. The van der Waals surface area contributed by atoms with Gasteiger partial charge in [0.2, 0.25) is 0 Å². The number of aliphatic imine (C=N–C) groups is 1. The molecule has 0 bridgehead atoms. The van der Waals surface area contributed by atoms with Crippen molar-refractivity contribution >= 4 is 41.3 Å². The van der Waals surface area contributed by atoms with Gasteiger partial charge in [-0.2, -0.15) is 0 Å². The molecule has 1 unspecified atom stereocenters. The highest BCUT2D eigenvalue weighted by atomic mass is 127. The maximum Gasteiger partial charge on any atom is 0.191 e. The van der Waals surface area contributed by atoms with Gasteiger partial charge in [0.15, 0.2) is 5.96 Å². The lowest BCUT2D eigenvalue weighted by Crippen LogP contribution is -2.41. The summed E-state index contributed by atoms with van der Waals surface area (Å²) in [5.74, 6) is 1.63. The molecule has 126 valence electrons. The van der Waals surface area contributed by atoms with Gasteiger partial charge in [0.25, 0.3) is 0 Å². The van der Waals surface area contributed by atoms with Crippen LogP contribution in [0.5, 0.6) is 0 Å². The van der Waals surface area contributed by atoms with Crippen molar-refractivity contribution in [3.05, 3.63) is 15.6 Å². The summed E-state index contributed by atoms with van der Waals surface area (Å²) in [6.07, 6.45) is 2.23. The molecule has 2 rings (SSSR count). The van der Waals surface area contributed by atoms with Gasteiger partial charge in [-0.05, 0) is 39.8 Å². The van der Waals surface area contributed by atoms with Gasteiger partial charge in [0, 0.05) is 38.0 Å². The molecule has 2 heterocycles. The molecule has 1 aromatic rings. The smallest absolute Gasteiger partial charge is 0.191 e. The van der Waals surface area contributed by atoms with E-state index in [0.29, 0.717) is 0 Å². The van der Waals surface area contributed by atoms with Crippen molar-refractivity contribution in [3.8, 4) is 0 Å². The molecular formula is C15H28IN5S. The highest BCUT2D eigenvalue weighted by molar-refractivity contribution is 14.0. The summed E-state index contributed by atoms with van der Waals surface area (Å²) in [5.41, 5.74) is 1.16. The van der Waals surface area contributed by atoms with Gasteiger partial charge in [-0.1, -0.05) is 0 Å². The number of nitrogens with zero attached hydrogens (tertiary/aromatic N) is 3. The Bertz CT molecular complexity index is 469. The molecular weight excluding hydrogens is 409 g/mol. The van der Waals surface area contributed by atoms with Crippen LogP contribution in [0.1, 0.15) is 22.0 Å². The van der Waals surface area contributed by atoms with E-state index in [1.807, 2.05) is 7.05 Å². The molecule has 0 saturated carbocycles. The highest BCUT2D eigenvalue weighted by Gasteiger charge is 2.19. The van der Waals surface area contributed by atoms with E-state index in [4.69, 9.17) is 0 Å². The largest absolute Gasteiger partial charge is 0.356 e. The van der Waals surface area contributed by atoms with E-state index in [2.05, 4.69) is 46.4 Å². The molecule has 1 aromatic heterocycles. The second kappa shape index (κ2) is 9.67. The van der Waals surface area contributed by atoms with Crippen LogP contribution in [-0.2, 0) is 6.42 Å². The van der Waals surface area contributed by atoms with E-state index in [1.54, 1.807) is 11.3 Å². The monoisotopic (exact) mass is 437 g/mol. The molecule has 5 nitrogen and oxygen atoms in total. The maximum absolute atomic E-state index is 4.56. The van der Waals surface area contributed by atoms with Gasteiger partial charge in [-0.25, -0.2) is 4.98 Å². The van der Waals surface area contributed by atoms with Crippen LogP contribution in [0, 0.1) is 19.8 Å². The summed E-state index contributed by atoms with van der Waals surface area (Å²) >= 11 is 1.79. The number of thiazole rings is 1. The predicted octanol–water partition coefficient (Wildman–Crippen LogP) is 2.04. The fraction of sp³-hybridized carbons (Fsp3) is 0.733. The molecule has 0 aromatic carbocycles.